The van der Waals surface area contributed by atoms with Crippen molar-refractivity contribution in [1.82, 2.24) is 5.43 Å². The van der Waals surface area contributed by atoms with Crippen LogP contribution < -0.4 is 11.3 Å². The van der Waals surface area contributed by atoms with E-state index < -0.39 is 0 Å². The van der Waals surface area contributed by atoms with E-state index in [0.717, 1.165) is 19.4 Å². The zero-order chi connectivity index (χ0) is 13.4. The molecule has 0 fully saturated rings. The lowest BCUT2D eigenvalue weighted by Crippen LogP contribution is -2.44. The fraction of sp³-hybridized carbons (Fsp3) is 0.600. The van der Waals surface area contributed by atoms with Gasteiger partial charge >= 0.3 is 0 Å². The molecule has 0 spiro atoms. The van der Waals surface area contributed by atoms with E-state index in [2.05, 4.69) is 49.6 Å². The molecule has 18 heavy (non-hydrogen) atoms. The van der Waals surface area contributed by atoms with Gasteiger partial charge in [-0.3, -0.25) is 11.3 Å². The highest BCUT2D eigenvalue weighted by atomic mass is 16.5. The molecular formula is C15H26N2O. The summed E-state index contributed by atoms with van der Waals surface area (Å²) in [6.45, 7) is 5.23. The molecule has 1 rings (SSSR count). The maximum absolute atomic E-state index is 5.77. The summed E-state index contributed by atoms with van der Waals surface area (Å²) in [5, 5.41) is 0. The van der Waals surface area contributed by atoms with Crippen molar-refractivity contribution < 1.29 is 4.74 Å². The highest BCUT2D eigenvalue weighted by Crippen LogP contribution is 2.28. The number of benzene rings is 1. The smallest absolute Gasteiger partial charge is 0.0465 e. The SMILES string of the molecule is CCC(c1ccccc1)C(NN)C(C)CCOC. The Bertz CT molecular complexity index is 316. The van der Waals surface area contributed by atoms with Crippen LogP contribution in [0.15, 0.2) is 30.3 Å². The average Bonchev–Trinajstić information content (AvgIpc) is 2.42. The molecule has 3 nitrogen and oxygen atoms in total. The van der Waals surface area contributed by atoms with Gasteiger partial charge in [-0.15, -0.1) is 0 Å². The van der Waals surface area contributed by atoms with Crippen LogP contribution in [0.3, 0.4) is 0 Å². The van der Waals surface area contributed by atoms with Crippen LogP contribution in [0.4, 0.5) is 0 Å². The Balaban J connectivity index is 2.77. The molecule has 0 heterocycles. The van der Waals surface area contributed by atoms with Crippen LogP contribution in [-0.2, 0) is 4.74 Å². The number of methoxy groups -OCH3 is 1. The molecule has 0 aliphatic heterocycles. The summed E-state index contributed by atoms with van der Waals surface area (Å²) in [6.07, 6.45) is 2.10. The van der Waals surface area contributed by atoms with Crippen LogP contribution in [0.25, 0.3) is 0 Å². The molecule has 0 amide bonds. The normalized spacial score (nSPS) is 16.2. The summed E-state index contributed by atoms with van der Waals surface area (Å²) < 4.78 is 5.16. The lowest BCUT2D eigenvalue weighted by molar-refractivity contribution is 0.165. The highest BCUT2D eigenvalue weighted by molar-refractivity contribution is 5.21. The van der Waals surface area contributed by atoms with Crippen molar-refractivity contribution >= 4 is 0 Å². The van der Waals surface area contributed by atoms with E-state index in [-0.39, 0.29) is 6.04 Å². The number of hydrogen-bond donors (Lipinski definition) is 2. The molecule has 3 heteroatoms. The minimum atomic E-state index is 0.285. The van der Waals surface area contributed by atoms with E-state index >= 15 is 0 Å². The number of hydrogen-bond acceptors (Lipinski definition) is 3. The first kappa shape index (κ1) is 15.2. The summed E-state index contributed by atoms with van der Waals surface area (Å²) in [5.74, 6) is 6.70. The second-order valence-electron chi connectivity index (χ2n) is 4.88. The molecule has 0 saturated heterocycles. The fourth-order valence-electron chi connectivity index (χ4n) is 2.56. The van der Waals surface area contributed by atoms with Crippen molar-refractivity contribution in [2.24, 2.45) is 11.8 Å². The Morgan fingerprint density at radius 1 is 1.28 bits per heavy atom. The molecule has 1 aromatic rings. The standard InChI is InChI=1S/C15H26N2O/c1-4-14(13-8-6-5-7-9-13)15(17-16)12(2)10-11-18-3/h5-9,12,14-15,17H,4,10-11,16H2,1-3H3. The molecular weight excluding hydrogens is 224 g/mol. The van der Waals surface area contributed by atoms with Gasteiger partial charge in [0, 0.05) is 25.7 Å². The van der Waals surface area contributed by atoms with Crippen molar-refractivity contribution in [3.05, 3.63) is 35.9 Å². The summed E-state index contributed by atoms with van der Waals surface area (Å²) in [5.41, 5.74) is 4.36. The molecule has 1 aromatic carbocycles. The maximum atomic E-state index is 5.77. The van der Waals surface area contributed by atoms with Gasteiger partial charge in [0.2, 0.25) is 0 Å². The van der Waals surface area contributed by atoms with Gasteiger partial charge in [0.25, 0.3) is 0 Å². The number of rotatable bonds is 8. The summed E-state index contributed by atoms with van der Waals surface area (Å²) >= 11 is 0. The van der Waals surface area contributed by atoms with Crippen LogP contribution in [0.1, 0.15) is 38.2 Å². The minimum absolute atomic E-state index is 0.285. The molecule has 0 aliphatic rings. The van der Waals surface area contributed by atoms with Gasteiger partial charge in [-0.25, -0.2) is 0 Å². The topological polar surface area (TPSA) is 47.3 Å². The van der Waals surface area contributed by atoms with E-state index in [1.165, 1.54) is 5.56 Å². The predicted octanol–water partition coefficient (Wildman–Crippen LogP) is 2.68. The lowest BCUT2D eigenvalue weighted by Gasteiger charge is -2.31. The maximum Gasteiger partial charge on any atom is 0.0465 e. The van der Waals surface area contributed by atoms with Gasteiger partial charge in [-0.05, 0) is 24.3 Å². The largest absolute Gasteiger partial charge is 0.385 e. The van der Waals surface area contributed by atoms with Gasteiger partial charge in [0.05, 0.1) is 0 Å². The summed E-state index contributed by atoms with van der Waals surface area (Å²) in [6, 6.07) is 10.9. The molecule has 0 bridgehead atoms. The van der Waals surface area contributed by atoms with E-state index in [1.807, 2.05) is 0 Å². The molecule has 0 aromatic heterocycles. The van der Waals surface area contributed by atoms with E-state index in [9.17, 15) is 0 Å². The number of ether oxygens (including phenoxy) is 1. The second-order valence-corrected chi connectivity index (χ2v) is 4.88. The third kappa shape index (κ3) is 4.09. The van der Waals surface area contributed by atoms with Crippen LogP contribution in [0, 0.1) is 5.92 Å². The molecule has 102 valence electrons. The number of nitrogens with two attached hydrogens (primary N) is 1. The second kappa shape index (κ2) is 8.25. The van der Waals surface area contributed by atoms with Crippen molar-refractivity contribution in [3.8, 4) is 0 Å². The van der Waals surface area contributed by atoms with E-state index in [4.69, 9.17) is 10.6 Å². The monoisotopic (exact) mass is 250 g/mol. The van der Waals surface area contributed by atoms with E-state index in [1.54, 1.807) is 7.11 Å². The third-order valence-electron chi connectivity index (χ3n) is 3.68. The van der Waals surface area contributed by atoms with Crippen LogP contribution >= 0.6 is 0 Å². The van der Waals surface area contributed by atoms with Crippen molar-refractivity contribution in [2.45, 2.75) is 38.6 Å². The number of hydrazine groups is 1. The number of nitrogens with one attached hydrogen (secondary N) is 1. The highest BCUT2D eigenvalue weighted by Gasteiger charge is 2.25. The van der Waals surface area contributed by atoms with Gasteiger partial charge < -0.3 is 4.74 Å². The van der Waals surface area contributed by atoms with E-state index in [0.29, 0.717) is 11.8 Å². The lowest BCUT2D eigenvalue weighted by atomic mass is 9.82. The van der Waals surface area contributed by atoms with Gasteiger partial charge in [-0.2, -0.15) is 0 Å². The summed E-state index contributed by atoms with van der Waals surface area (Å²) in [7, 11) is 1.74. The van der Waals surface area contributed by atoms with Gasteiger partial charge in [0.15, 0.2) is 0 Å². The predicted molar refractivity (Wildman–Crippen MR) is 76.2 cm³/mol. The van der Waals surface area contributed by atoms with Crippen LogP contribution in [0.2, 0.25) is 0 Å². The first-order valence-corrected chi connectivity index (χ1v) is 6.74. The first-order valence-electron chi connectivity index (χ1n) is 6.74. The Morgan fingerprint density at radius 3 is 2.44 bits per heavy atom. The summed E-state index contributed by atoms with van der Waals surface area (Å²) in [4.78, 5) is 0. The van der Waals surface area contributed by atoms with Crippen LogP contribution in [0.5, 0.6) is 0 Å². The minimum Gasteiger partial charge on any atom is -0.385 e. The average molecular weight is 250 g/mol. The molecule has 0 radical (unpaired) electrons. The molecule has 0 aliphatic carbocycles. The quantitative estimate of drug-likeness (QED) is 0.551. The van der Waals surface area contributed by atoms with Gasteiger partial charge in [-0.1, -0.05) is 44.2 Å². The zero-order valence-corrected chi connectivity index (χ0v) is 11.7. The Hall–Kier alpha value is -0.900. The fourth-order valence-corrected chi connectivity index (χ4v) is 2.56. The molecule has 3 N–H and O–H groups in total. The first-order chi connectivity index (χ1) is 8.74. The molecule has 3 atom stereocenters. The molecule has 0 saturated carbocycles. The van der Waals surface area contributed by atoms with Crippen molar-refractivity contribution in [3.63, 3.8) is 0 Å². The third-order valence-corrected chi connectivity index (χ3v) is 3.68. The Morgan fingerprint density at radius 2 is 1.94 bits per heavy atom. The van der Waals surface area contributed by atoms with Gasteiger partial charge in [0.1, 0.15) is 0 Å². The van der Waals surface area contributed by atoms with Crippen molar-refractivity contribution in [2.75, 3.05) is 13.7 Å². The zero-order valence-electron chi connectivity index (χ0n) is 11.7. The van der Waals surface area contributed by atoms with Crippen LogP contribution in [-0.4, -0.2) is 19.8 Å². The van der Waals surface area contributed by atoms with Crippen molar-refractivity contribution in [1.29, 1.82) is 0 Å². The molecule has 3 unspecified atom stereocenters. The Kier molecular flexibility index (Phi) is 6.94. The Labute approximate surface area is 111 Å².